The van der Waals surface area contributed by atoms with Crippen LogP contribution < -0.4 is 16.6 Å². The zero-order chi connectivity index (χ0) is 34.5. The van der Waals surface area contributed by atoms with E-state index in [1.54, 1.807) is 30.5 Å². The quantitative estimate of drug-likeness (QED) is 0.261. The summed E-state index contributed by atoms with van der Waals surface area (Å²) in [6.07, 6.45) is 6.92. The summed E-state index contributed by atoms with van der Waals surface area (Å²) < 4.78 is 6.88. The number of primary amides is 1. The molecule has 1 aliphatic carbocycles. The topological polar surface area (TPSA) is 170 Å². The number of pyridine rings is 1. The number of nitrogens with two attached hydrogens (primary N) is 1. The third-order valence-corrected chi connectivity index (χ3v) is 10.1. The van der Waals surface area contributed by atoms with Crippen LogP contribution in [-0.4, -0.2) is 75.9 Å². The minimum atomic E-state index is -1.58. The van der Waals surface area contributed by atoms with E-state index < -0.39 is 47.0 Å². The molecule has 3 fully saturated rings. The van der Waals surface area contributed by atoms with Crippen LogP contribution in [0.3, 0.4) is 0 Å². The normalized spacial score (nSPS) is 21.3. The zero-order valence-corrected chi connectivity index (χ0v) is 27.3. The van der Waals surface area contributed by atoms with Crippen molar-refractivity contribution in [3.05, 3.63) is 82.8 Å². The van der Waals surface area contributed by atoms with Crippen LogP contribution in [0.15, 0.2) is 76.6 Å². The maximum Gasteiger partial charge on any atom is 0.287 e. The number of hydrogen-bond donors (Lipinski definition) is 2. The van der Waals surface area contributed by atoms with E-state index >= 15 is 0 Å². The standard InChI is InChI=1S/C37H41N5O7/c38-33(45)32(44)37(15-18-49-19-16-37)40-35(47)30-22-28(41-17-7-6-12-31(41)43)23-42(30)36(48)29(20-24-8-2-1-3-9-24)39-34(46)27-14-13-25-10-4-5-11-26(25)21-27/h4-7,10-14,17,21,24,28,30H,1-3,8-9,15-16,18-20,22-23H2,(H2,38,45)(H,40,47)/t28-,30-/m0/s1. The number of hydrogen-bond acceptors (Lipinski definition) is 7. The van der Waals surface area contributed by atoms with E-state index in [2.05, 4.69) is 10.3 Å². The number of ketones is 1. The first kappa shape index (κ1) is 33.9. The molecule has 3 heterocycles. The van der Waals surface area contributed by atoms with Crippen LogP contribution in [0.4, 0.5) is 0 Å². The monoisotopic (exact) mass is 667 g/mol. The molecule has 1 aromatic heterocycles. The van der Waals surface area contributed by atoms with Crippen molar-refractivity contribution >= 4 is 45.9 Å². The number of carbonyl (C=O) groups is 5. The Balaban J connectivity index is 1.36. The van der Waals surface area contributed by atoms with Crippen molar-refractivity contribution in [2.24, 2.45) is 16.6 Å². The maximum absolute atomic E-state index is 14.6. The summed E-state index contributed by atoms with van der Waals surface area (Å²) in [5.41, 5.74) is 3.91. The van der Waals surface area contributed by atoms with E-state index in [0.717, 1.165) is 42.9 Å². The predicted octanol–water partition coefficient (Wildman–Crippen LogP) is 3.12. The minimum absolute atomic E-state index is 0.00539. The van der Waals surface area contributed by atoms with Crippen molar-refractivity contribution in [3.8, 4) is 0 Å². The van der Waals surface area contributed by atoms with Crippen LogP contribution in [0.2, 0.25) is 0 Å². The molecule has 12 heteroatoms. The van der Waals surface area contributed by atoms with Crippen molar-refractivity contribution in [2.45, 2.75) is 75.4 Å². The van der Waals surface area contributed by atoms with Gasteiger partial charge in [-0.2, -0.15) is 0 Å². The molecule has 0 unspecified atom stereocenters. The molecule has 3 aromatic rings. The minimum Gasteiger partial charge on any atom is -0.381 e. The number of aliphatic imine (C=N–C) groups is 1. The van der Waals surface area contributed by atoms with Crippen molar-refractivity contribution in [2.75, 3.05) is 19.8 Å². The Bertz CT molecular complexity index is 1850. The van der Waals surface area contributed by atoms with Gasteiger partial charge in [0.15, 0.2) is 0 Å². The highest BCUT2D eigenvalue weighted by Crippen LogP contribution is 2.32. The summed E-state index contributed by atoms with van der Waals surface area (Å²) in [5, 5.41) is 4.60. The molecule has 0 bridgehead atoms. The second-order valence-electron chi connectivity index (χ2n) is 13.3. The molecule has 2 aromatic carbocycles. The number of carbonyl (C=O) groups excluding carboxylic acids is 5. The molecule has 0 spiro atoms. The second kappa shape index (κ2) is 14.7. The second-order valence-corrected chi connectivity index (χ2v) is 13.3. The van der Waals surface area contributed by atoms with Crippen molar-refractivity contribution in [1.29, 1.82) is 0 Å². The Labute approximate surface area is 283 Å². The number of likely N-dealkylation sites (tertiary alicyclic amines) is 1. The first-order valence-corrected chi connectivity index (χ1v) is 17.0. The fourth-order valence-electron chi connectivity index (χ4n) is 7.43. The van der Waals surface area contributed by atoms with Gasteiger partial charge in [0, 0.05) is 50.4 Å². The summed E-state index contributed by atoms with van der Waals surface area (Å²) in [6, 6.07) is 15.9. The van der Waals surface area contributed by atoms with E-state index in [1.807, 2.05) is 30.3 Å². The number of benzene rings is 2. The highest BCUT2D eigenvalue weighted by Gasteiger charge is 2.48. The summed E-state index contributed by atoms with van der Waals surface area (Å²) in [4.78, 5) is 86.2. The molecule has 4 amide bonds. The summed E-state index contributed by atoms with van der Waals surface area (Å²) in [7, 11) is 0. The Hall–Kier alpha value is -4.97. The number of nitrogens with zero attached hydrogens (tertiary/aromatic N) is 3. The number of rotatable bonds is 9. The molecular weight excluding hydrogens is 626 g/mol. The molecule has 12 nitrogen and oxygen atoms in total. The zero-order valence-electron chi connectivity index (χ0n) is 27.3. The van der Waals surface area contributed by atoms with Gasteiger partial charge in [-0.25, -0.2) is 4.99 Å². The van der Waals surface area contributed by atoms with Crippen LogP contribution in [0.25, 0.3) is 10.8 Å². The van der Waals surface area contributed by atoms with Gasteiger partial charge in [0.1, 0.15) is 17.3 Å². The lowest BCUT2D eigenvalue weighted by atomic mass is 9.84. The summed E-state index contributed by atoms with van der Waals surface area (Å²) in [5.74, 6) is -3.76. The number of aromatic nitrogens is 1. The molecule has 49 heavy (non-hydrogen) atoms. The van der Waals surface area contributed by atoms with Gasteiger partial charge in [-0.05, 0) is 47.7 Å². The van der Waals surface area contributed by atoms with Crippen molar-refractivity contribution < 1.29 is 28.7 Å². The summed E-state index contributed by atoms with van der Waals surface area (Å²) in [6.45, 7) is 0.252. The molecular formula is C37H41N5O7. The Morgan fingerprint density at radius 2 is 1.63 bits per heavy atom. The highest BCUT2D eigenvalue weighted by atomic mass is 16.5. The lowest BCUT2D eigenvalue weighted by Crippen LogP contribution is -2.63. The third kappa shape index (κ3) is 7.39. The molecule has 256 valence electrons. The van der Waals surface area contributed by atoms with Gasteiger partial charge in [0.2, 0.25) is 11.7 Å². The van der Waals surface area contributed by atoms with Crippen LogP contribution in [-0.2, 0) is 23.9 Å². The number of Topliss-reactive ketones (excluding diaryl/α,β-unsaturated/α-hetero) is 1. The lowest BCUT2D eigenvalue weighted by Gasteiger charge is -2.37. The van der Waals surface area contributed by atoms with E-state index in [4.69, 9.17) is 10.5 Å². The fourth-order valence-corrected chi connectivity index (χ4v) is 7.43. The molecule has 0 radical (unpaired) electrons. The first-order chi connectivity index (χ1) is 23.6. The number of nitrogens with one attached hydrogen (secondary N) is 1. The van der Waals surface area contributed by atoms with Gasteiger partial charge < -0.3 is 25.3 Å². The molecule has 2 atom stereocenters. The Kier molecular flexibility index (Phi) is 10.1. The Morgan fingerprint density at radius 3 is 2.35 bits per heavy atom. The van der Waals surface area contributed by atoms with Crippen LogP contribution in [0.5, 0.6) is 0 Å². The van der Waals surface area contributed by atoms with Gasteiger partial charge in [0.05, 0.1) is 6.04 Å². The maximum atomic E-state index is 14.6. The van der Waals surface area contributed by atoms with E-state index in [9.17, 15) is 28.8 Å². The SMILES string of the molecule is NC(=O)C(=O)C1(NC(=O)[C@@H]2C[C@H](n3ccccc3=O)CN2C(=O)C(CC2CCCCC2)=NC(=O)c2ccc3ccccc3c2)CCOCC1. The largest absolute Gasteiger partial charge is 0.381 e. The molecule has 2 saturated heterocycles. The van der Waals surface area contributed by atoms with E-state index in [1.165, 1.54) is 15.5 Å². The lowest BCUT2D eigenvalue weighted by molar-refractivity contribution is -0.146. The van der Waals surface area contributed by atoms with Crippen LogP contribution >= 0.6 is 0 Å². The third-order valence-electron chi connectivity index (χ3n) is 10.1. The smallest absolute Gasteiger partial charge is 0.287 e. The number of fused-ring (bicyclic) bond motifs is 1. The number of amides is 4. The first-order valence-electron chi connectivity index (χ1n) is 17.0. The average Bonchev–Trinajstić information content (AvgIpc) is 3.57. The van der Waals surface area contributed by atoms with E-state index in [-0.39, 0.29) is 62.6 Å². The number of ether oxygens (including phenoxy) is 1. The van der Waals surface area contributed by atoms with Gasteiger partial charge in [-0.1, -0.05) is 68.5 Å². The van der Waals surface area contributed by atoms with Crippen molar-refractivity contribution in [1.82, 2.24) is 14.8 Å². The molecule has 3 aliphatic rings. The van der Waals surface area contributed by atoms with Gasteiger partial charge >= 0.3 is 0 Å². The van der Waals surface area contributed by atoms with Crippen LogP contribution in [0, 0.1) is 5.92 Å². The van der Waals surface area contributed by atoms with E-state index in [0.29, 0.717) is 5.56 Å². The van der Waals surface area contributed by atoms with Crippen molar-refractivity contribution in [3.63, 3.8) is 0 Å². The molecule has 1 saturated carbocycles. The predicted molar refractivity (Wildman–Crippen MR) is 182 cm³/mol. The van der Waals surface area contributed by atoms with Gasteiger partial charge in [-0.3, -0.25) is 28.8 Å². The highest BCUT2D eigenvalue weighted by molar-refractivity contribution is 6.41. The van der Waals surface area contributed by atoms with Gasteiger partial charge in [-0.15, -0.1) is 0 Å². The molecule has 2 aliphatic heterocycles. The molecule has 3 N–H and O–H groups in total. The van der Waals surface area contributed by atoms with Crippen LogP contribution in [0.1, 0.15) is 74.2 Å². The fraction of sp³-hybridized carbons (Fsp3) is 0.432. The average molecular weight is 668 g/mol. The summed E-state index contributed by atoms with van der Waals surface area (Å²) >= 11 is 0. The molecule has 6 rings (SSSR count). The Morgan fingerprint density at radius 1 is 0.918 bits per heavy atom. The van der Waals surface area contributed by atoms with Gasteiger partial charge in [0.25, 0.3) is 23.3 Å².